The lowest BCUT2D eigenvalue weighted by atomic mass is 10.0. The summed E-state index contributed by atoms with van der Waals surface area (Å²) in [5.41, 5.74) is 2.06. The largest absolute Gasteiger partial charge is 0.493 e. The summed E-state index contributed by atoms with van der Waals surface area (Å²) >= 11 is 0. The molecule has 0 radical (unpaired) electrons. The van der Waals surface area contributed by atoms with Gasteiger partial charge in [0.05, 0.1) is 40.1 Å². The number of benzene rings is 2. The topological polar surface area (TPSA) is 49.8 Å². The fourth-order valence-electron chi connectivity index (χ4n) is 3.23. The van der Waals surface area contributed by atoms with Crippen LogP contribution in [-0.2, 0) is 9.47 Å². The molecular formula is C22H23NO4. The number of fused-ring (bicyclic) bond motifs is 1. The minimum atomic E-state index is 0.267. The van der Waals surface area contributed by atoms with Crippen molar-refractivity contribution in [3.05, 3.63) is 54.7 Å². The maximum atomic E-state index is 5.97. The van der Waals surface area contributed by atoms with Crippen molar-refractivity contribution in [3.63, 3.8) is 0 Å². The van der Waals surface area contributed by atoms with Crippen LogP contribution in [0, 0.1) is 5.92 Å². The highest BCUT2D eigenvalue weighted by Crippen LogP contribution is 2.31. The fourth-order valence-corrected chi connectivity index (χ4v) is 3.23. The summed E-state index contributed by atoms with van der Waals surface area (Å²) in [6, 6.07) is 16.4. The first kappa shape index (κ1) is 17.8. The van der Waals surface area contributed by atoms with Crippen LogP contribution >= 0.6 is 0 Å². The van der Waals surface area contributed by atoms with Crippen LogP contribution in [-0.4, -0.2) is 45.1 Å². The van der Waals surface area contributed by atoms with Crippen molar-refractivity contribution in [2.45, 2.75) is 0 Å². The Morgan fingerprint density at radius 2 is 1.78 bits per heavy atom. The molecule has 3 aromatic rings. The Morgan fingerprint density at radius 1 is 1.00 bits per heavy atom. The molecule has 5 heteroatoms. The van der Waals surface area contributed by atoms with Crippen molar-refractivity contribution in [1.29, 1.82) is 0 Å². The zero-order valence-electron chi connectivity index (χ0n) is 15.4. The van der Waals surface area contributed by atoms with E-state index in [-0.39, 0.29) is 5.92 Å². The molecule has 0 atom stereocenters. The van der Waals surface area contributed by atoms with E-state index >= 15 is 0 Å². The highest BCUT2D eigenvalue weighted by atomic mass is 16.5. The van der Waals surface area contributed by atoms with E-state index in [2.05, 4.69) is 35.3 Å². The van der Waals surface area contributed by atoms with Crippen LogP contribution in [0.2, 0.25) is 0 Å². The molecule has 2 heterocycles. The lowest BCUT2D eigenvalue weighted by molar-refractivity contribution is 0.101. The van der Waals surface area contributed by atoms with Crippen LogP contribution in [0.25, 0.3) is 21.9 Å². The maximum Gasteiger partial charge on any atom is 0.221 e. The van der Waals surface area contributed by atoms with E-state index in [0.717, 1.165) is 27.6 Å². The second kappa shape index (κ2) is 8.37. The molecular weight excluding hydrogens is 342 g/mol. The van der Waals surface area contributed by atoms with E-state index < -0.39 is 0 Å². The predicted molar refractivity (Wildman–Crippen MR) is 104 cm³/mol. The highest BCUT2D eigenvalue weighted by Gasteiger charge is 2.14. The molecule has 0 aliphatic carbocycles. The van der Waals surface area contributed by atoms with E-state index in [1.54, 1.807) is 13.3 Å². The van der Waals surface area contributed by atoms with E-state index in [0.29, 0.717) is 38.9 Å². The molecule has 1 fully saturated rings. The van der Waals surface area contributed by atoms with Gasteiger partial charge in [0.15, 0.2) is 0 Å². The minimum absolute atomic E-state index is 0.267. The molecule has 1 aromatic heterocycles. The molecule has 1 aliphatic heterocycles. The number of hydrogen-bond donors (Lipinski definition) is 0. The predicted octanol–water partition coefficient (Wildman–Crippen LogP) is 3.95. The molecule has 0 spiro atoms. The molecule has 4 rings (SSSR count). The van der Waals surface area contributed by atoms with Gasteiger partial charge >= 0.3 is 0 Å². The Bertz CT molecular complexity index is 904. The van der Waals surface area contributed by atoms with Crippen LogP contribution in [0.4, 0.5) is 0 Å². The first-order valence-corrected chi connectivity index (χ1v) is 9.15. The second-order valence-electron chi connectivity index (χ2n) is 6.61. The van der Waals surface area contributed by atoms with Crippen LogP contribution < -0.4 is 9.47 Å². The molecule has 140 valence electrons. The average molecular weight is 365 g/mol. The van der Waals surface area contributed by atoms with E-state index in [1.807, 2.05) is 18.2 Å². The third-order valence-corrected chi connectivity index (χ3v) is 4.65. The molecule has 0 saturated carbocycles. The van der Waals surface area contributed by atoms with Crippen molar-refractivity contribution in [2.24, 2.45) is 5.92 Å². The van der Waals surface area contributed by atoms with Crippen molar-refractivity contribution < 1.29 is 18.9 Å². The highest BCUT2D eigenvalue weighted by molar-refractivity contribution is 5.89. The number of methoxy groups -OCH3 is 1. The van der Waals surface area contributed by atoms with Crippen molar-refractivity contribution in [2.75, 3.05) is 40.1 Å². The number of aromatic nitrogens is 1. The summed E-state index contributed by atoms with van der Waals surface area (Å²) in [6.07, 6.45) is 1.73. The molecule has 1 saturated heterocycles. The number of pyridine rings is 1. The van der Waals surface area contributed by atoms with Gasteiger partial charge in [-0.3, -0.25) is 0 Å². The number of nitrogens with zero attached hydrogens (tertiary/aromatic N) is 1. The van der Waals surface area contributed by atoms with Crippen LogP contribution in [0.5, 0.6) is 11.6 Å². The quantitative estimate of drug-likeness (QED) is 0.685. The standard InChI is InChI=1S/C22H23NO4/c1-24-22-21(3-2-8-23-22)19-5-4-18-12-20(7-6-17(18)11-19)27-15-16-13-25-9-10-26-14-16/h2-8,11-12,16H,9-10,13-15H2,1H3. The van der Waals surface area contributed by atoms with Gasteiger partial charge in [0.2, 0.25) is 5.88 Å². The van der Waals surface area contributed by atoms with Gasteiger partial charge < -0.3 is 18.9 Å². The van der Waals surface area contributed by atoms with Crippen LogP contribution in [0.1, 0.15) is 0 Å². The monoisotopic (exact) mass is 365 g/mol. The van der Waals surface area contributed by atoms with E-state index in [4.69, 9.17) is 18.9 Å². The van der Waals surface area contributed by atoms with Gasteiger partial charge in [0.1, 0.15) is 5.75 Å². The summed E-state index contributed by atoms with van der Waals surface area (Å²) in [5.74, 6) is 1.76. The average Bonchev–Trinajstić information content (AvgIpc) is 3.00. The molecule has 0 amide bonds. The van der Waals surface area contributed by atoms with Gasteiger partial charge in [-0.2, -0.15) is 0 Å². The Balaban J connectivity index is 1.52. The van der Waals surface area contributed by atoms with E-state index in [1.165, 1.54) is 0 Å². The smallest absolute Gasteiger partial charge is 0.221 e. The molecule has 2 aromatic carbocycles. The van der Waals surface area contributed by atoms with Crippen molar-refractivity contribution >= 4 is 10.8 Å². The molecule has 0 unspecified atom stereocenters. The Kier molecular flexibility index (Phi) is 5.51. The van der Waals surface area contributed by atoms with Crippen molar-refractivity contribution in [3.8, 4) is 22.8 Å². The number of hydrogen-bond acceptors (Lipinski definition) is 5. The maximum absolute atomic E-state index is 5.97. The van der Waals surface area contributed by atoms with Crippen LogP contribution in [0.15, 0.2) is 54.7 Å². The van der Waals surface area contributed by atoms with Gasteiger partial charge in [-0.1, -0.05) is 18.2 Å². The van der Waals surface area contributed by atoms with Gasteiger partial charge in [0.25, 0.3) is 0 Å². The third-order valence-electron chi connectivity index (χ3n) is 4.65. The number of rotatable bonds is 5. The molecule has 0 N–H and O–H groups in total. The summed E-state index contributed by atoms with van der Waals surface area (Å²) in [4.78, 5) is 4.28. The zero-order chi connectivity index (χ0) is 18.5. The van der Waals surface area contributed by atoms with Gasteiger partial charge in [0, 0.05) is 17.7 Å². The van der Waals surface area contributed by atoms with Crippen molar-refractivity contribution in [1.82, 2.24) is 4.98 Å². The zero-order valence-corrected chi connectivity index (χ0v) is 15.4. The molecule has 0 bridgehead atoms. The SMILES string of the molecule is COc1ncccc1-c1ccc2cc(OCC3COCCOC3)ccc2c1. The summed E-state index contributed by atoms with van der Waals surface area (Å²) < 4.78 is 22.4. The fraction of sp³-hybridized carbons (Fsp3) is 0.318. The Labute approximate surface area is 158 Å². The van der Waals surface area contributed by atoms with Gasteiger partial charge in [-0.15, -0.1) is 0 Å². The molecule has 1 aliphatic rings. The summed E-state index contributed by atoms with van der Waals surface area (Å²) in [6.45, 7) is 3.29. The number of ether oxygens (including phenoxy) is 4. The third kappa shape index (κ3) is 4.21. The normalized spacial score (nSPS) is 15.4. The second-order valence-corrected chi connectivity index (χ2v) is 6.61. The molecule has 27 heavy (non-hydrogen) atoms. The molecule has 5 nitrogen and oxygen atoms in total. The van der Waals surface area contributed by atoms with E-state index in [9.17, 15) is 0 Å². The van der Waals surface area contributed by atoms with Crippen LogP contribution in [0.3, 0.4) is 0 Å². The Hall–Kier alpha value is -2.63. The first-order valence-electron chi connectivity index (χ1n) is 9.15. The minimum Gasteiger partial charge on any atom is -0.493 e. The summed E-state index contributed by atoms with van der Waals surface area (Å²) in [5, 5.41) is 2.28. The van der Waals surface area contributed by atoms with Gasteiger partial charge in [-0.05, 0) is 46.7 Å². The Morgan fingerprint density at radius 3 is 2.59 bits per heavy atom. The van der Waals surface area contributed by atoms with Gasteiger partial charge in [-0.25, -0.2) is 4.98 Å². The summed E-state index contributed by atoms with van der Waals surface area (Å²) in [7, 11) is 1.64. The lowest BCUT2D eigenvalue weighted by Crippen LogP contribution is -2.20. The lowest BCUT2D eigenvalue weighted by Gasteiger charge is -2.15. The first-order chi connectivity index (χ1) is 13.3.